The minimum absolute atomic E-state index is 0.00271. The quantitative estimate of drug-likeness (QED) is 0.877. The summed E-state index contributed by atoms with van der Waals surface area (Å²) < 4.78 is 13.0. The molecule has 0 bridgehead atoms. The van der Waals surface area contributed by atoms with E-state index in [1.54, 1.807) is 23.5 Å². The van der Waals surface area contributed by atoms with Crippen LogP contribution in [-0.4, -0.2) is 40.3 Å². The highest BCUT2D eigenvalue weighted by Crippen LogP contribution is 2.27. The summed E-state index contributed by atoms with van der Waals surface area (Å²) in [6.07, 6.45) is 1.43. The van der Waals surface area contributed by atoms with Crippen LogP contribution in [0.15, 0.2) is 35.7 Å². The molecule has 3 heterocycles. The molecule has 136 valence electrons. The monoisotopic (exact) mass is 390 g/mol. The molecule has 1 aromatic heterocycles. The van der Waals surface area contributed by atoms with Gasteiger partial charge in [0.15, 0.2) is 0 Å². The maximum absolute atomic E-state index is 13.0. The number of nitrogens with zero attached hydrogens (tertiary/aromatic N) is 1. The molecule has 2 aromatic rings. The van der Waals surface area contributed by atoms with Crippen molar-refractivity contribution in [2.75, 3.05) is 12.3 Å². The highest BCUT2D eigenvalue weighted by atomic mass is 32.2. The Kier molecular flexibility index (Phi) is 5.00. The summed E-state index contributed by atoms with van der Waals surface area (Å²) in [5, 5.41) is 4.72. The highest BCUT2D eigenvalue weighted by Gasteiger charge is 2.35. The Morgan fingerprint density at radius 3 is 2.85 bits per heavy atom. The molecule has 2 aliphatic rings. The van der Waals surface area contributed by atoms with E-state index in [1.165, 1.54) is 34.3 Å². The van der Waals surface area contributed by atoms with Crippen LogP contribution in [0.1, 0.15) is 16.0 Å². The number of fused-ring (bicyclic) bond motifs is 1. The van der Waals surface area contributed by atoms with Gasteiger partial charge in [0.2, 0.25) is 11.8 Å². The maximum atomic E-state index is 13.0. The van der Waals surface area contributed by atoms with E-state index in [-0.39, 0.29) is 22.9 Å². The lowest BCUT2D eigenvalue weighted by Gasteiger charge is -2.34. The van der Waals surface area contributed by atoms with Gasteiger partial charge in [-0.25, -0.2) is 4.39 Å². The summed E-state index contributed by atoms with van der Waals surface area (Å²) in [7, 11) is 0. The lowest BCUT2D eigenvalue weighted by molar-refractivity contribution is -0.136. The second-order valence-corrected chi connectivity index (χ2v) is 8.83. The van der Waals surface area contributed by atoms with Gasteiger partial charge in [-0.2, -0.15) is 0 Å². The first-order chi connectivity index (χ1) is 12.6. The third-order valence-corrected chi connectivity index (χ3v) is 7.16. The third kappa shape index (κ3) is 3.64. The molecule has 2 amide bonds. The Labute approximate surface area is 159 Å². The van der Waals surface area contributed by atoms with Gasteiger partial charge in [0.05, 0.1) is 5.25 Å². The molecule has 0 saturated carbocycles. The molecule has 1 saturated heterocycles. The van der Waals surface area contributed by atoms with Gasteiger partial charge in [0.25, 0.3) is 0 Å². The molecule has 2 atom stereocenters. The fourth-order valence-electron chi connectivity index (χ4n) is 3.37. The Bertz CT molecular complexity index is 821. The normalized spacial score (nSPS) is 22.7. The molecular weight excluding hydrogens is 371 g/mol. The van der Waals surface area contributed by atoms with E-state index in [0.717, 1.165) is 12.0 Å². The van der Waals surface area contributed by atoms with Gasteiger partial charge in [0, 0.05) is 23.7 Å². The molecule has 1 N–H and O–H groups in total. The van der Waals surface area contributed by atoms with Crippen LogP contribution in [0.5, 0.6) is 0 Å². The van der Waals surface area contributed by atoms with Gasteiger partial charge < -0.3 is 10.2 Å². The molecule has 0 radical (unpaired) electrons. The van der Waals surface area contributed by atoms with E-state index in [4.69, 9.17) is 0 Å². The zero-order valence-electron chi connectivity index (χ0n) is 14.1. The van der Waals surface area contributed by atoms with Gasteiger partial charge in [-0.15, -0.1) is 23.1 Å². The topological polar surface area (TPSA) is 49.4 Å². The molecule has 4 rings (SSSR count). The number of thioether (sulfide) groups is 1. The summed E-state index contributed by atoms with van der Waals surface area (Å²) in [6.45, 7) is 1.34. The largest absolute Gasteiger partial charge is 0.343 e. The predicted octanol–water partition coefficient (Wildman–Crippen LogP) is 2.61. The van der Waals surface area contributed by atoms with E-state index in [2.05, 4.69) is 16.8 Å². The average Bonchev–Trinajstić information content (AvgIpc) is 3.12. The van der Waals surface area contributed by atoms with Crippen molar-refractivity contribution in [2.24, 2.45) is 0 Å². The SMILES string of the molecule is O=C1NC(C(=O)N2CCc3sccc3C2)CSC1Cc1ccc(F)cc1. The van der Waals surface area contributed by atoms with Gasteiger partial charge in [-0.05, 0) is 47.5 Å². The second-order valence-electron chi connectivity index (χ2n) is 6.59. The molecule has 7 heteroatoms. The zero-order chi connectivity index (χ0) is 18.1. The lowest BCUT2D eigenvalue weighted by atomic mass is 10.1. The van der Waals surface area contributed by atoms with Crippen molar-refractivity contribution >= 4 is 34.9 Å². The molecular formula is C19H19FN2O2S2. The Morgan fingerprint density at radius 2 is 2.08 bits per heavy atom. The smallest absolute Gasteiger partial charge is 0.246 e. The van der Waals surface area contributed by atoms with Gasteiger partial charge in [-0.1, -0.05) is 12.1 Å². The van der Waals surface area contributed by atoms with Crippen molar-refractivity contribution in [1.82, 2.24) is 10.2 Å². The van der Waals surface area contributed by atoms with Gasteiger partial charge in [0.1, 0.15) is 11.9 Å². The van der Waals surface area contributed by atoms with E-state index >= 15 is 0 Å². The van der Waals surface area contributed by atoms with Gasteiger partial charge in [-0.3, -0.25) is 9.59 Å². The number of rotatable bonds is 3. The standard InChI is InChI=1S/C19H19FN2O2S2/c20-14-3-1-12(2-4-14)9-17-18(23)21-15(11-26-17)19(24)22-7-5-16-13(10-22)6-8-25-16/h1-4,6,8,15,17H,5,7,9-11H2,(H,21,23). The first kappa shape index (κ1) is 17.5. The number of carbonyl (C=O) groups is 2. The minimum Gasteiger partial charge on any atom is -0.343 e. The maximum Gasteiger partial charge on any atom is 0.246 e. The van der Waals surface area contributed by atoms with Crippen molar-refractivity contribution in [1.29, 1.82) is 0 Å². The third-order valence-electron chi connectivity index (χ3n) is 4.82. The molecule has 1 fully saturated rings. The molecule has 0 aliphatic carbocycles. The van der Waals surface area contributed by atoms with Crippen LogP contribution in [-0.2, 0) is 29.0 Å². The van der Waals surface area contributed by atoms with Crippen LogP contribution in [0.4, 0.5) is 4.39 Å². The number of thiophene rings is 1. The number of nitrogens with one attached hydrogen (secondary N) is 1. The van der Waals surface area contributed by atoms with Crippen LogP contribution in [0.25, 0.3) is 0 Å². The van der Waals surface area contributed by atoms with Crippen LogP contribution >= 0.6 is 23.1 Å². The van der Waals surface area contributed by atoms with E-state index in [1.807, 2.05) is 4.90 Å². The number of halogens is 1. The molecule has 2 unspecified atom stereocenters. The summed E-state index contributed by atoms with van der Waals surface area (Å²) >= 11 is 3.25. The fourth-order valence-corrected chi connectivity index (χ4v) is 5.44. The van der Waals surface area contributed by atoms with Gasteiger partial charge >= 0.3 is 0 Å². The van der Waals surface area contributed by atoms with Crippen LogP contribution in [0.3, 0.4) is 0 Å². The summed E-state index contributed by atoms with van der Waals surface area (Å²) in [6, 6.07) is 7.83. The Morgan fingerprint density at radius 1 is 1.27 bits per heavy atom. The minimum atomic E-state index is -0.461. The van der Waals surface area contributed by atoms with Crippen molar-refractivity contribution in [3.8, 4) is 0 Å². The van der Waals surface area contributed by atoms with Crippen molar-refractivity contribution < 1.29 is 14.0 Å². The number of benzene rings is 1. The average molecular weight is 391 g/mol. The second kappa shape index (κ2) is 7.40. The summed E-state index contributed by atoms with van der Waals surface area (Å²) in [5.74, 6) is 0.180. The molecule has 1 aromatic carbocycles. The Hall–Kier alpha value is -1.86. The zero-order valence-corrected chi connectivity index (χ0v) is 15.7. The number of carbonyl (C=O) groups excluding carboxylic acids is 2. The fraction of sp³-hybridized carbons (Fsp3) is 0.368. The van der Waals surface area contributed by atoms with Crippen molar-refractivity contribution in [2.45, 2.75) is 30.7 Å². The summed E-state index contributed by atoms with van der Waals surface area (Å²) in [5.41, 5.74) is 2.14. The van der Waals surface area contributed by atoms with Crippen LogP contribution in [0.2, 0.25) is 0 Å². The van der Waals surface area contributed by atoms with E-state index in [0.29, 0.717) is 25.3 Å². The number of hydrogen-bond acceptors (Lipinski definition) is 4. The van der Waals surface area contributed by atoms with Crippen molar-refractivity contribution in [3.63, 3.8) is 0 Å². The van der Waals surface area contributed by atoms with E-state index in [9.17, 15) is 14.0 Å². The molecule has 4 nitrogen and oxygen atoms in total. The number of hydrogen-bond donors (Lipinski definition) is 1. The summed E-state index contributed by atoms with van der Waals surface area (Å²) in [4.78, 5) is 28.4. The predicted molar refractivity (Wildman–Crippen MR) is 102 cm³/mol. The number of amides is 2. The molecule has 2 aliphatic heterocycles. The molecule has 0 spiro atoms. The van der Waals surface area contributed by atoms with Crippen LogP contribution < -0.4 is 5.32 Å². The first-order valence-electron chi connectivity index (χ1n) is 8.60. The van der Waals surface area contributed by atoms with E-state index < -0.39 is 6.04 Å². The Balaban J connectivity index is 1.35. The van der Waals surface area contributed by atoms with Crippen molar-refractivity contribution in [3.05, 3.63) is 57.5 Å². The first-order valence-corrected chi connectivity index (χ1v) is 10.5. The molecule has 26 heavy (non-hydrogen) atoms. The van der Waals surface area contributed by atoms with Crippen LogP contribution in [0, 0.1) is 5.82 Å². The highest BCUT2D eigenvalue weighted by molar-refractivity contribution is 8.00. The lowest BCUT2D eigenvalue weighted by Crippen LogP contribution is -2.55.